The third-order valence-corrected chi connectivity index (χ3v) is 1.38. The van der Waals surface area contributed by atoms with E-state index in [2.05, 4.69) is 39.1 Å². The minimum atomic E-state index is 0.755. The first-order valence-electron chi connectivity index (χ1n) is 4.09. The Labute approximate surface area is 64.5 Å². The molecule has 0 aromatic rings. The zero-order valence-corrected chi connectivity index (χ0v) is 7.57. The second-order valence-corrected chi connectivity index (χ2v) is 2.94. The molecule has 1 heteroatoms. The third-order valence-electron chi connectivity index (χ3n) is 1.38. The van der Waals surface area contributed by atoms with E-state index in [1.54, 1.807) is 0 Å². The van der Waals surface area contributed by atoms with Gasteiger partial charge in [-0.2, -0.15) is 0 Å². The zero-order chi connectivity index (χ0) is 7.98. The molecule has 10 heavy (non-hydrogen) atoms. The molecule has 1 nitrogen and oxygen atoms in total. The van der Waals surface area contributed by atoms with E-state index in [9.17, 15) is 0 Å². The van der Waals surface area contributed by atoms with Gasteiger partial charge in [-0.1, -0.05) is 19.9 Å². The maximum absolute atomic E-state index is 3.32. The van der Waals surface area contributed by atoms with Gasteiger partial charge in [-0.3, -0.25) is 0 Å². The molecule has 0 saturated heterocycles. The van der Waals surface area contributed by atoms with Gasteiger partial charge in [-0.15, -0.1) is 0 Å². The molecule has 1 N–H and O–H groups in total. The van der Waals surface area contributed by atoms with E-state index in [0.717, 1.165) is 12.5 Å². The molecule has 0 amide bonds. The van der Waals surface area contributed by atoms with Gasteiger partial charge in [0.15, 0.2) is 0 Å². The molecule has 0 radical (unpaired) electrons. The molecule has 0 unspecified atom stereocenters. The highest BCUT2D eigenvalue weighted by Crippen LogP contribution is 2.06. The molecular formula is C9H19N. The Hall–Kier alpha value is -0.460. The third kappa shape index (κ3) is 4.42. The summed E-state index contributed by atoms with van der Waals surface area (Å²) in [6, 6.07) is 0. The van der Waals surface area contributed by atoms with Crippen LogP contribution in [0.3, 0.4) is 0 Å². The lowest BCUT2D eigenvalue weighted by molar-refractivity contribution is 0.606. The summed E-state index contributed by atoms with van der Waals surface area (Å²) in [5.41, 5.74) is 1.37. The lowest BCUT2D eigenvalue weighted by Gasteiger charge is -2.10. The molecule has 0 atom stereocenters. The van der Waals surface area contributed by atoms with Crippen LogP contribution in [-0.4, -0.2) is 6.54 Å². The molecule has 0 aliphatic rings. The van der Waals surface area contributed by atoms with Gasteiger partial charge in [-0.25, -0.2) is 0 Å². The first-order chi connectivity index (χ1) is 4.70. The van der Waals surface area contributed by atoms with Gasteiger partial charge in [0.05, 0.1) is 0 Å². The highest BCUT2D eigenvalue weighted by molar-refractivity contribution is 4.97. The summed E-state index contributed by atoms with van der Waals surface area (Å²) >= 11 is 0. The van der Waals surface area contributed by atoms with Gasteiger partial charge in [0, 0.05) is 12.2 Å². The van der Waals surface area contributed by atoms with Crippen LogP contribution in [0, 0.1) is 5.92 Å². The molecule has 60 valence electrons. The van der Waals surface area contributed by atoms with Gasteiger partial charge in [-0.05, 0) is 26.2 Å². The van der Waals surface area contributed by atoms with E-state index < -0.39 is 0 Å². The molecule has 0 fully saturated rings. The fourth-order valence-corrected chi connectivity index (χ4v) is 0.959. The van der Waals surface area contributed by atoms with Crippen molar-refractivity contribution in [2.45, 2.75) is 34.1 Å². The second-order valence-electron chi connectivity index (χ2n) is 2.94. The second kappa shape index (κ2) is 5.33. The van der Waals surface area contributed by atoms with Gasteiger partial charge in [0.1, 0.15) is 0 Å². The maximum Gasteiger partial charge on any atom is 0.0115 e. The summed E-state index contributed by atoms with van der Waals surface area (Å²) in [4.78, 5) is 0. The van der Waals surface area contributed by atoms with Crippen LogP contribution in [0.5, 0.6) is 0 Å². The van der Waals surface area contributed by atoms with E-state index in [1.807, 2.05) is 0 Å². The molecular weight excluding hydrogens is 122 g/mol. The predicted molar refractivity (Wildman–Crippen MR) is 46.9 cm³/mol. The number of nitrogens with one attached hydrogen (secondary N) is 1. The van der Waals surface area contributed by atoms with E-state index in [4.69, 9.17) is 0 Å². The lowest BCUT2D eigenvalue weighted by Crippen LogP contribution is -2.13. The topological polar surface area (TPSA) is 12.0 Å². The fourth-order valence-electron chi connectivity index (χ4n) is 0.959. The van der Waals surface area contributed by atoms with E-state index in [1.165, 1.54) is 12.1 Å². The molecule has 0 saturated carbocycles. The first kappa shape index (κ1) is 9.54. The number of hydrogen-bond acceptors (Lipinski definition) is 1. The number of rotatable bonds is 4. The number of allylic oxidation sites excluding steroid dienone is 2. The SMILES string of the molecule is C/C=C(\CC(C)C)NCC. The van der Waals surface area contributed by atoms with Crippen molar-refractivity contribution in [2.75, 3.05) is 6.54 Å². The molecule has 0 aliphatic heterocycles. The van der Waals surface area contributed by atoms with Gasteiger partial charge in [0.25, 0.3) is 0 Å². The van der Waals surface area contributed by atoms with Crippen LogP contribution in [0.4, 0.5) is 0 Å². The Morgan fingerprint density at radius 3 is 2.40 bits per heavy atom. The van der Waals surface area contributed by atoms with E-state index in [0.29, 0.717) is 0 Å². The molecule has 0 aromatic heterocycles. The fraction of sp³-hybridized carbons (Fsp3) is 0.778. The highest BCUT2D eigenvalue weighted by atomic mass is 14.9. The Morgan fingerprint density at radius 2 is 2.10 bits per heavy atom. The predicted octanol–water partition coefficient (Wildman–Crippen LogP) is 2.55. The van der Waals surface area contributed by atoms with Crippen molar-refractivity contribution in [3.8, 4) is 0 Å². The minimum Gasteiger partial charge on any atom is -0.389 e. The first-order valence-corrected chi connectivity index (χ1v) is 4.09. The minimum absolute atomic E-state index is 0.755. The monoisotopic (exact) mass is 141 g/mol. The molecule has 0 aliphatic carbocycles. The summed E-state index contributed by atoms with van der Waals surface area (Å²) in [6.07, 6.45) is 3.33. The Balaban J connectivity index is 3.62. The molecule has 0 rings (SSSR count). The van der Waals surface area contributed by atoms with E-state index >= 15 is 0 Å². The lowest BCUT2D eigenvalue weighted by atomic mass is 10.1. The van der Waals surface area contributed by atoms with Crippen LogP contribution < -0.4 is 5.32 Å². The van der Waals surface area contributed by atoms with Crippen molar-refractivity contribution < 1.29 is 0 Å². The number of hydrogen-bond donors (Lipinski definition) is 1. The van der Waals surface area contributed by atoms with Gasteiger partial charge < -0.3 is 5.32 Å². The van der Waals surface area contributed by atoms with Gasteiger partial charge in [0.2, 0.25) is 0 Å². The van der Waals surface area contributed by atoms with Crippen molar-refractivity contribution in [3.63, 3.8) is 0 Å². The zero-order valence-electron chi connectivity index (χ0n) is 7.57. The largest absolute Gasteiger partial charge is 0.389 e. The van der Waals surface area contributed by atoms with Crippen molar-refractivity contribution >= 4 is 0 Å². The van der Waals surface area contributed by atoms with Crippen LogP contribution in [0.1, 0.15) is 34.1 Å². The average molecular weight is 141 g/mol. The van der Waals surface area contributed by atoms with Crippen molar-refractivity contribution in [1.82, 2.24) is 5.32 Å². The summed E-state index contributed by atoms with van der Waals surface area (Å²) in [6.45, 7) is 9.72. The normalized spacial score (nSPS) is 12.3. The standard InChI is InChI=1S/C9H19N/c1-5-9(10-6-2)7-8(3)4/h5,8,10H,6-7H2,1-4H3/b9-5+. The molecule has 0 spiro atoms. The Morgan fingerprint density at radius 1 is 1.50 bits per heavy atom. The molecule has 0 aromatic carbocycles. The van der Waals surface area contributed by atoms with Crippen LogP contribution in [0.15, 0.2) is 11.8 Å². The van der Waals surface area contributed by atoms with Crippen molar-refractivity contribution in [1.29, 1.82) is 0 Å². The van der Waals surface area contributed by atoms with Crippen LogP contribution >= 0.6 is 0 Å². The summed E-state index contributed by atoms with van der Waals surface area (Å²) in [5.74, 6) is 0.755. The Bertz CT molecular complexity index is 103. The summed E-state index contributed by atoms with van der Waals surface area (Å²) in [5, 5.41) is 3.32. The van der Waals surface area contributed by atoms with Crippen molar-refractivity contribution in [2.24, 2.45) is 5.92 Å². The highest BCUT2D eigenvalue weighted by Gasteiger charge is 1.96. The smallest absolute Gasteiger partial charge is 0.0115 e. The van der Waals surface area contributed by atoms with Crippen LogP contribution in [0.2, 0.25) is 0 Å². The molecule has 0 heterocycles. The van der Waals surface area contributed by atoms with Crippen molar-refractivity contribution in [3.05, 3.63) is 11.8 Å². The van der Waals surface area contributed by atoms with E-state index in [-0.39, 0.29) is 0 Å². The van der Waals surface area contributed by atoms with Crippen LogP contribution in [0.25, 0.3) is 0 Å². The summed E-state index contributed by atoms with van der Waals surface area (Å²) in [7, 11) is 0. The van der Waals surface area contributed by atoms with Crippen LogP contribution in [-0.2, 0) is 0 Å². The van der Waals surface area contributed by atoms with Gasteiger partial charge >= 0.3 is 0 Å². The Kier molecular flexibility index (Phi) is 5.09. The quantitative estimate of drug-likeness (QED) is 0.634. The average Bonchev–Trinajstić information content (AvgIpc) is 1.86. The molecule has 0 bridgehead atoms. The summed E-state index contributed by atoms with van der Waals surface area (Å²) < 4.78 is 0. The maximum atomic E-state index is 3.32.